The average molecular weight is 179 g/mol. The third kappa shape index (κ3) is 1.23. The molecule has 2 aromatic heterocycles. The number of nitrogens with zero attached hydrogens (tertiary/aromatic N) is 1. The van der Waals surface area contributed by atoms with Gasteiger partial charge in [0.05, 0.1) is 11.7 Å². The summed E-state index contributed by atoms with van der Waals surface area (Å²) in [7, 11) is 0. The van der Waals surface area contributed by atoms with Crippen LogP contribution in [-0.2, 0) is 6.42 Å². The van der Waals surface area contributed by atoms with Crippen LogP contribution >= 0.6 is 0 Å². The van der Waals surface area contributed by atoms with Gasteiger partial charge in [-0.2, -0.15) is 0 Å². The molecule has 0 aliphatic heterocycles. The zero-order valence-electron chi connectivity index (χ0n) is 6.87. The van der Waals surface area contributed by atoms with Crippen molar-refractivity contribution in [2.24, 2.45) is 0 Å². The molecule has 5 heteroatoms. The summed E-state index contributed by atoms with van der Waals surface area (Å²) >= 11 is 0. The number of aromatic nitrogens is 3. The first-order valence-corrected chi connectivity index (χ1v) is 3.97. The van der Waals surface area contributed by atoms with E-state index in [0.717, 1.165) is 5.56 Å². The summed E-state index contributed by atoms with van der Waals surface area (Å²) in [5, 5.41) is 9.28. The van der Waals surface area contributed by atoms with Gasteiger partial charge in [-0.15, -0.1) is 0 Å². The minimum atomic E-state index is -0.172. The number of aliphatic hydroxyl groups is 1. The van der Waals surface area contributed by atoms with Gasteiger partial charge in [0.15, 0.2) is 0 Å². The molecule has 0 saturated heterocycles. The molecule has 0 spiro atoms. The van der Waals surface area contributed by atoms with E-state index in [-0.39, 0.29) is 12.2 Å². The molecule has 2 aromatic rings. The van der Waals surface area contributed by atoms with Gasteiger partial charge in [0.25, 0.3) is 5.56 Å². The molecule has 2 rings (SSSR count). The first-order valence-electron chi connectivity index (χ1n) is 3.97. The summed E-state index contributed by atoms with van der Waals surface area (Å²) in [5.74, 6) is 0. The second-order valence-corrected chi connectivity index (χ2v) is 2.74. The van der Waals surface area contributed by atoms with E-state index in [1.54, 1.807) is 6.20 Å². The molecule has 0 unspecified atom stereocenters. The van der Waals surface area contributed by atoms with Crippen molar-refractivity contribution in [3.8, 4) is 0 Å². The predicted octanol–water partition coefficient (Wildman–Crippen LogP) is -0.214. The number of hydrogen-bond acceptors (Lipinski definition) is 3. The molecule has 0 saturated carbocycles. The Balaban J connectivity index is 2.71. The largest absolute Gasteiger partial charge is 0.396 e. The van der Waals surface area contributed by atoms with Crippen molar-refractivity contribution in [3.63, 3.8) is 0 Å². The van der Waals surface area contributed by atoms with Gasteiger partial charge >= 0.3 is 0 Å². The van der Waals surface area contributed by atoms with Crippen LogP contribution in [0.5, 0.6) is 0 Å². The van der Waals surface area contributed by atoms with Gasteiger partial charge in [0, 0.05) is 12.8 Å². The monoisotopic (exact) mass is 179 g/mol. The zero-order valence-corrected chi connectivity index (χ0v) is 6.87. The molecule has 0 amide bonds. The minimum absolute atomic E-state index is 0.0291. The minimum Gasteiger partial charge on any atom is -0.396 e. The topological polar surface area (TPSA) is 81.8 Å². The lowest BCUT2D eigenvalue weighted by atomic mass is 10.2. The average Bonchev–Trinajstić information content (AvgIpc) is 2.51. The summed E-state index contributed by atoms with van der Waals surface area (Å²) in [4.78, 5) is 20.7. The highest BCUT2D eigenvalue weighted by molar-refractivity contribution is 5.78. The molecule has 0 radical (unpaired) electrons. The second-order valence-electron chi connectivity index (χ2n) is 2.74. The summed E-state index contributed by atoms with van der Waals surface area (Å²) in [6, 6.07) is 0. The van der Waals surface area contributed by atoms with Crippen LogP contribution < -0.4 is 5.56 Å². The van der Waals surface area contributed by atoms with Gasteiger partial charge in [0.2, 0.25) is 0 Å². The van der Waals surface area contributed by atoms with E-state index in [0.29, 0.717) is 17.5 Å². The Hall–Kier alpha value is -1.62. The predicted molar refractivity (Wildman–Crippen MR) is 47.5 cm³/mol. The van der Waals surface area contributed by atoms with E-state index >= 15 is 0 Å². The van der Waals surface area contributed by atoms with Gasteiger partial charge in [-0.1, -0.05) is 0 Å². The maximum atomic E-state index is 11.3. The molecule has 0 aromatic carbocycles. The van der Waals surface area contributed by atoms with Gasteiger partial charge in [0.1, 0.15) is 5.65 Å². The number of aliphatic hydroxyl groups excluding tert-OH is 1. The smallest absolute Gasteiger partial charge is 0.260 e. The molecule has 0 bridgehead atoms. The van der Waals surface area contributed by atoms with E-state index in [4.69, 9.17) is 5.11 Å². The maximum absolute atomic E-state index is 11.3. The molecule has 5 nitrogen and oxygen atoms in total. The molecule has 0 aliphatic rings. The van der Waals surface area contributed by atoms with Crippen molar-refractivity contribution >= 4 is 11.0 Å². The fraction of sp³-hybridized carbons (Fsp3) is 0.250. The van der Waals surface area contributed by atoms with Crippen LogP contribution in [0.2, 0.25) is 0 Å². The molecular weight excluding hydrogens is 170 g/mol. The zero-order chi connectivity index (χ0) is 9.26. The van der Waals surface area contributed by atoms with Crippen molar-refractivity contribution < 1.29 is 5.11 Å². The Kier molecular flexibility index (Phi) is 1.86. The molecule has 0 aliphatic carbocycles. The fourth-order valence-electron chi connectivity index (χ4n) is 1.35. The number of aromatic amines is 2. The second kappa shape index (κ2) is 3.02. The van der Waals surface area contributed by atoms with Crippen molar-refractivity contribution in [2.75, 3.05) is 6.61 Å². The Morgan fingerprint density at radius 1 is 1.46 bits per heavy atom. The van der Waals surface area contributed by atoms with Gasteiger partial charge < -0.3 is 15.1 Å². The lowest BCUT2D eigenvalue weighted by Crippen LogP contribution is -2.07. The SMILES string of the molecule is O=c1[nH]cnc2[nH]cc(CCO)c12. The van der Waals surface area contributed by atoms with Crippen LogP contribution in [0, 0.1) is 0 Å². The van der Waals surface area contributed by atoms with E-state index in [1.165, 1.54) is 6.33 Å². The summed E-state index contributed by atoms with van der Waals surface area (Å²) < 4.78 is 0. The van der Waals surface area contributed by atoms with Crippen LogP contribution in [-0.4, -0.2) is 26.7 Å². The number of H-pyrrole nitrogens is 2. The van der Waals surface area contributed by atoms with Crippen LogP contribution in [0.15, 0.2) is 17.3 Å². The van der Waals surface area contributed by atoms with Crippen LogP contribution in [0.1, 0.15) is 5.56 Å². The van der Waals surface area contributed by atoms with Crippen molar-refractivity contribution in [3.05, 3.63) is 28.4 Å². The van der Waals surface area contributed by atoms with Crippen molar-refractivity contribution in [2.45, 2.75) is 6.42 Å². The highest BCUT2D eigenvalue weighted by Gasteiger charge is 2.06. The first-order chi connectivity index (χ1) is 6.33. The Bertz CT molecular complexity index is 471. The number of hydrogen-bond donors (Lipinski definition) is 3. The molecule has 13 heavy (non-hydrogen) atoms. The highest BCUT2D eigenvalue weighted by Crippen LogP contribution is 2.10. The number of rotatable bonds is 2. The van der Waals surface area contributed by atoms with Crippen molar-refractivity contribution in [1.29, 1.82) is 0 Å². The maximum Gasteiger partial charge on any atom is 0.260 e. The van der Waals surface area contributed by atoms with Gasteiger partial charge in [-0.05, 0) is 12.0 Å². The third-order valence-electron chi connectivity index (χ3n) is 1.94. The molecule has 68 valence electrons. The lowest BCUT2D eigenvalue weighted by molar-refractivity contribution is 0.300. The quantitative estimate of drug-likeness (QED) is 0.596. The number of fused-ring (bicyclic) bond motifs is 1. The summed E-state index contributed by atoms with van der Waals surface area (Å²) in [6.07, 6.45) is 3.52. The first kappa shape index (κ1) is 8.00. The highest BCUT2D eigenvalue weighted by atomic mass is 16.3. The molecule has 3 N–H and O–H groups in total. The molecule has 0 atom stereocenters. The van der Waals surface area contributed by atoms with E-state index in [1.807, 2.05) is 0 Å². The van der Waals surface area contributed by atoms with Crippen LogP contribution in [0.3, 0.4) is 0 Å². The fourth-order valence-corrected chi connectivity index (χ4v) is 1.35. The van der Waals surface area contributed by atoms with E-state index in [9.17, 15) is 4.79 Å². The third-order valence-corrected chi connectivity index (χ3v) is 1.94. The standard InChI is InChI=1S/C8H9N3O2/c12-2-1-5-3-9-7-6(5)8(13)11-4-10-7/h3-4,12H,1-2H2,(H2,9,10,11,13). The van der Waals surface area contributed by atoms with E-state index < -0.39 is 0 Å². The normalized spacial score (nSPS) is 10.8. The number of nitrogens with one attached hydrogen (secondary N) is 2. The van der Waals surface area contributed by atoms with Crippen LogP contribution in [0.4, 0.5) is 0 Å². The molecule has 0 fully saturated rings. The molecule has 2 heterocycles. The summed E-state index contributed by atoms with van der Waals surface area (Å²) in [5.41, 5.74) is 1.19. The molecular formula is C8H9N3O2. The Morgan fingerprint density at radius 2 is 2.31 bits per heavy atom. The van der Waals surface area contributed by atoms with Crippen LogP contribution in [0.25, 0.3) is 11.0 Å². The lowest BCUT2D eigenvalue weighted by Gasteiger charge is -1.92. The van der Waals surface area contributed by atoms with Gasteiger partial charge in [-0.3, -0.25) is 4.79 Å². The Labute approximate surface area is 73.4 Å². The van der Waals surface area contributed by atoms with E-state index in [2.05, 4.69) is 15.0 Å². The Morgan fingerprint density at radius 3 is 3.08 bits per heavy atom. The van der Waals surface area contributed by atoms with Gasteiger partial charge in [-0.25, -0.2) is 4.98 Å². The summed E-state index contributed by atoms with van der Waals surface area (Å²) in [6.45, 7) is 0.0291. The van der Waals surface area contributed by atoms with Crippen molar-refractivity contribution in [1.82, 2.24) is 15.0 Å².